The number of nitrogens with zero attached hydrogens (tertiary/aromatic N) is 2. The summed E-state index contributed by atoms with van der Waals surface area (Å²) in [7, 11) is 0. The van der Waals surface area contributed by atoms with Gasteiger partial charge in [0, 0.05) is 12.6 Å². The molecule has 1 aliphatic carbocycles. The Balaban J connectivity index is 1.49. The van der Waals surface area contributed by atoms with Crippen LogP contribution in [0.15, 0.2) is 41.8 Å². The van der Waals surface area contributed by atoms with Crippen LogP contribution >= 0.6 is 11.3 Å². The summed E-state index contributed by atoms with van der Waals surface area (Å²) in [6, 6.07) is 12.0. The number of rotatable bonds is 6. The first-order chi connectivity index (χ1) is 16.0. The molecule has 1 aromatic carbocycles. The maximum absolute atomic E-state index is 13.8. The van der Waals surface area contributed by atoms with Crippen molar-refractivity contribution in [1.29, 1.82) is 0 Å². The molecule has 1 aliphatic heterocycles. The second-order valence-corrected chi connectivity index (χ2v) is 10.3. The average molecular weight is 466 g/mol. The Labute approximate surface area is 198 Å². The summed E-state index contributed by atoms with van der Waals surface area (Å²) in [6.45, 7) is 5.30. The van der Waals surface area contributed by atoms with Crippen LogP contribution in [0.25, 0.3) is 10.2 Å². The standard InChI is InChI=1S/C26H31N3O3S/c1-3-32-20-11-9-18(10-12-20)16-29-24(30)22-15-23-21(13-14-33-23)28(22)17-26(29,2)25(31)27-19-7-5-4-6-8-19/h9-15,19H,3-8,16-17H2,1-2H3,(H,27,31). The maximum Gasteiger partial charge on any atom is 0.271 e. The quantitative estimate of drug-likeness (QED) is 0.559. The number of ether oxygens (including phenoxy) is 1. The van der Waals surface area contributed by atoms with E-state index in [1.54, 1.807) is 16.2 Å². The molecular formula is C26H31N3O3S. The second kappa shape index (κ2) is 8.86. The average Bonchev–Trinajstić information content (AvgIpc) is 3.41. The van der Waals surface area contributed by atoms with Crippen molar-refractivity contribution in [3.8, 4) is 5.75 Å². The number of fused-ring (bicyclic) bond motifs is 3. The van der Waals surface area contributed by atoms with Crippen LogP contribution in [0, 0.1) is 0 Å². The van der Waals surface area contributed by atoms with E-state index in [0.717, 1.165) is 47.2 Å². The van der Waals surface area contributed by atoms with Crippen molar-refractivity contribution in [2.45, 2.75) is 70.6 Å². The van der Waals surface area contributed by atoms with Gasteiger partial charge in [-0.05, 0) is 61.9 Å². The van der Waals surface area contributed by atoms with E-state index in [1.807, 2.05) is 60.2 Å². The number of carbonyl (C=O) groups excluding carboxylic acids is 2. The van der Waals surface area contributed by atoms with Gasteiger partial charge in [-0.3, -0.25) is 9.59 Å². The van der Waals surface area contributed by atoms with Gasteiger partial charge in [0.15, 0.2) is 0 Å². The van der Waals surface area contributed by atoms with E-state index >= 15 is 0 Å². The summed E-state index contributed by atoms with van der Waals surface area (Å²) in [5.41, 5.74) is 1.69. The molecule has 0 bridgehead atoms. The third-order valence-corrected chi connectivity index (χ3v) is 7.91. The van der Waals surface area contributed by atoms with Crippen molar-refractivity contribution in [3.63, 3.8) is 0 Å². The molecule has 0 saturated heterocycles. The van der Waals surface area contributed by atoms with Gasteiger partial charge in [0.25, 0.3) is 5.91 Å². The van der Waals surface area contributed by atoms with E-state index in [2.05, 4.69) is 5.32 Å². The van der Waals surface area contributed by atoms with Crippen LogP contribution in [-0.2, 0) is 17.9 Å². The minimum Gasteiger partial charge on any atom is -0.494 e. The minimum absolute atomic E-state index is 0.0589. The summed E-state index contributed by atoms with van der Waals surface area (Å²) in [5, 5.41) is 5.33. The molecule has 2 aliphatic rings. The van der Waals surface area contributed by atoms with Crippen LogP contribution in [-0.4, -0.2) is 39.5 Å². The molecule has 5 rings (SSSR count). The van der Waals surface area contributed by atoms with Crippen molar-refractivity contribution < 1.29 is 14.3 Å². The molecule has 0 spiro atoms. The van der Waals surface area contributed by atoms with Crippen LogP contribution in [0.5, 0.6) is 5.75 Å². The molecule has 3 heterocycles. The molecule has 2 aromatic heterocycles. The first-order valence-corrected chi connectivity index (χ1v) is 12.8. The molecule has 1 unspecified atom stereocenters. The van der Waals surface area contributed by atoms with Crippen molar-refractivity contribution in [3.05, 3.63) is 53.0 Å². The lowest BCUT2D eigenvalue weighted by Gasteiger charge is -2.45. The van der Waals surface area contributed by atoms with Crippen LogP contribution in [0.4, 0.5) is 0 Å². The molecule has 3 aromatic rings. The van der Waals surface area contributed by atoms with E-state index in [9.17, 15) is 9.59 Å². The van der Waals surface area contributed by atoms with E-state index in [1.165, 1.54) is 6.42 Å². The molecule has 7 heteroatoms. The van der Waals surface area contributed by atoms with Gasteiger partial charge in [0.05, 0.1) is 23.4 Å². The van der Waals surface area contributed by atoms with E-state index in [-0.39, 0.29) is 17.9 Å². The van der Waals surface area contributed by atoms with Gasteiger partial charge >= 0.3 is 0 Å². The Morgan fingerprint density at radius 2 is 1.94 bits per heavy atom. The smallest absolute Gasteiger partial charge is 0.271 e. The summed E-state index contributed by atoms with van der Waals surface area (Å²) < 4.78 is 8.67. The normalized spacial score (nSPS) is 21.3. The van der Waals surface area contributed by atoms with E-state index < -0.39 is 5.54 Å². The topological polar surface area (TPSA) is 63.6 Å². The lowest BCUT2D eigenvalue weighted by molar-refractivity contribution is -0.134. The van der Waals surface area contributed by atoms with Crippen molar-refractivity contribution >= 4 is 33.4 Å². The maximum atomic E-state index is 13.8. The molecule has 1 N–H and O–H groups in total. The predicted octanol–water partition coefficient (Wildman–Crippen LogP) is 4.97. The zero-order chi connectivity index (χ0) is 23.0. The molecule has 1 saturated carbocycles. The lowest BCUT2D eigenvalue weighted by Crippen LogP contribution is -2.64. The van der Waals surface area contributed by atoms with E-state index in [0.29, 0.717) is 25.4 Å². The first-order valence-electron chi connectivity index (χ1n) is 11.9. The highest BCUT2D eigenvalue weighted by Gasteiger charge is 2.48. The molecule has 174 valence electrons. The Hall–Kier alpha value is -2.80. The fourth-order valence-electron chi connectivity index (χ4n) is 5.15. The Morgan fingerprint density at radius 3 is 2.67 bits per heavy atom. The summed E-state index contributed by atoms with van der Waals surface area (Å²) in [5.74, 6) is 0.648. The molecular weight excluding hydrogens is 434 g/mol. The predicted molar refractivity (Wildman–Crippen MR) is 131 cm³/mol. The Bertz CT molecular complexity index is 1160. The first kappa shape index (κ1) is 22.0. The highest BCUT2D eigenvalue weighted by Crippen LogP contribution is 2.35. The monoisotopic (exact) mass is 465 g/mol. The summed E-state index contributed by atoms with van der Waals surface area (Å²) in [6.07, 6.45) is 5.55. The molecule has 6 nitrogen and oxygen atoms in total. The Morgan fingerprint density at radius 1 is 1.18 bits per heavy atom. The molecule has 33 heavy (non-hydrogen) atoms. The van der Waals surface area contributed by atoms with Gasteiger partial charge in [-0.1, -0.05) is 31.4 Å². The number of amides is 2. The number of hydrogen-bond acceptors (Lipinski definition) is 4. The SMILES string of the molecule is CCOc1ccc(CN2C(=O)c3cc4sccc4n3CC2(C)C(=O)NC2CCCCC2)cc1. The summed E-state index contributed by atoms with van der Waals surface area (Å²) >= 11 is 1.63. The van der Waals surface area contributed by atoms with Crippen LogP contribution in [0.2, 0.25) is 0 Å². The minimum atomic E-state index is -0.978. The Kier molecular flexibility index (Phi) is 5.91. The van der Waals surface area contributed by atoms with Crippen molar-refractivity contribution in [1.82, 2.24) is 14.8 Å². The fourth-order valence-corrected chi connectivity index (χ4v) is 5.97. The van der Waals surface area contributed by atoms with Crippen molar-refractivity contribution in [2.24, 2.45) is 0 Å². The lowest BCUT2D eigenvalue weighted by atomic mass is 9.91. The second-order valence-electron chi connectivity index (χ2n) is 9.34. The zero-order valence-electron chi connectivity index (χ0n) is 19.3. The number of carbonyl (C=O) groups is 2. The molecule has 2 amide bonds. The number of thiophene rings is 1. The highest BCUT2D eigenvalue weighted by molar-refractivity contribution is 7.17. The summed E-state index contributed by atoms with van der Waals surface area (Å²) in [4.78, 5) is 29.3. The van der Waals surface area contributed by atoms with Crippen LogP contribution in [0.3, 0.4) is 0 Å². The zero-order valence-corrected chi connectivity index (χ0v) is 20.1. The third-order valence-electron chi connectivity index (χ3n) is 7.05. The molecule has 0 radical (unpaired) electrons. The van der Waals surface area contributed by atoms with Crippen LogP contribution in [0.1, 0.15) is 62.0 Å². The van der Waals surface area contributed by atoms with Crippen LogP contribution < -0.4 is 10.1 Å². The molecule has 1 atom stereocenters. The highest BCUT2D eigenvalue weighted by atomic mass is 32.1. The van der Waals surface area contributed by atoms with Gasteiger partial charge in [0.2, 0.25) is 5.91 Å². The van der Waals surface area contributed by atoms with Gasteiger partial charge in [0.1, 0.15) is 17.0 Å². The number of aromatic nitrogens is 1. The number of nitrogens with one attached hydrogen (secondary N) is 1. The number of benzene rings is 1. The van der Waals surface area contributed by atoms with Crippen molar-refractivity contribution in [2.75, 3.05) is 6.61 Å². The third kappa shape index (κ3) is 4.03. The van der Waals surface area contributed by atoms with Gasteiger partial charge in [-0.2, -0.15) is 0 Å². The fraction of sp³-hybridized carbons (Fsp3) is 0.462. The van der Waals surface area contributed by atoms with E-state index in [4.69, 9.17) is 4.74 Å². The van der Waals surface area contributed by atoms with Gasteiger partial charge < -0.3 is 19.5 Å². The number of hydrogen-bond donors (Lipinski definition) is 1. The largest absolute Gasteiger partial charge is 0.494 e. The van der Waals surface area contributed by atoms with Gasteiger partial charge in [-0.25, -0.2) is 0 Å². The molecule has 1 fully saturated rings. The van der Waals surface area contributed by atoms with Gasteiger partial charge in [-0.15, -0.1) is 11.3 Å².